The average molecular weight is 259 g/mol. The zero-order valence-electron chi connectivity index (χ0n) is 10.6. The Labute approximate surface area is 105 Å². The molecule has 4 rings (SSSR count). The summed E-state index contributed by atoms with van der Waals surface area (Å²) >= 11 is 0. The predicted molar refractivity (Wildman–Crippen MR) is 61.1 cm³/mol. The number of carbonyl (C=O) groups excluding carboxylic acids is 1. The molecule has 1 amide bonds. The summed E-state index contributed by atoms with van der Waals surface area (Å²) in [6.45, 7) is -0.838. The number of rotatable bonds is 3. The van der Waals surface area contributed by atoms with Crippen molar-refractivity contribution in [1.29, 1.82) is 0 Å². The first-order chi connectivity index (χ1) is 8.53. The molecule has 18 heavy (non-hydrogen) atoms. The number of piperidine rings is 2. The van der Waals surface area contributed by atoms with Crippen molar-refractivity contribution in [2.75, 3.05) is 0 Å². The molecular weight excluding hydrogens is 240 g/mol. The number of ether oxygens (including phenoxy) is 1. The van der Waals surface area contributed by atoms with Crippen molar-refractivity contribution in [1.82, 2.24) is 4.90 Å². The first kappa shape index (κ1) is 12.3. The fourth-order valence-corrected chi connectivity index (χ4v) is 4.48. The zero-order chi connectivity index (χ0) is 12.9. The lowest BCUT2D eigenvalue weighted by Gasteiger charge is -2.60. The maximum atomic E-state index is 12.6. The lowest BCUT2D eigenvalue weighted by molar-refractivity contribution is -0.262. The number of carbonyl (C=O) groups is 1. The monoisotopic (exact) mass is 259 g/mol. The highest BCUT2D eigenvalue weighted by atomic mass is 19.3. The Kier molecular flexibility index (Phi) is 2.84. The van der Waals surface area contributed by atoms with E-state index in [-0.39, 0.29) is 18.0 Å². The van der Waals surface area contributed by atoms with Gasteiger partial charge in [-0.15, -0.1) is 0 Å². The molecule has 0 aromatic rings. The molecule has 2 aliphatic heterocycles. The smallest absolute Gasteiger partial charge is 0.337 e. The highest BCUT2D eigenvalue weighted by Crippen LogP contribution is 2.53. The molecule has 0 spiro atoms. The molecular formula is C13H19F2NO2. The van der Waals surface area contributed by atoms with Crippen LogP contribution in [0.1, 0.15) is 45.4 Å². The van der Waals surface area contributed by atoms with Crippen LogP contribution in [-0.2, 0) is 9.53 Å². The molecule has 4 fully saturated rings. The molecule has 2 saturated carbocycles. The van der Waals surface area contributed by atoms with Gasteiger partial charge < -0.3 is 9.64 Å². The Morgan fingerprint density at radius 2 is 1.94 bits per heavy atom. The van der Waals surface area contributed by atoms with E-state index in [1.165, 1.54) is 0 Å². The van der Waals surface area contributed by atoms with Crippen LogP contribution in [-0.4, -0.2) is 35.1 Å². The molecule has 0 N–H and O–H groups in total. The fraction of sp³-hybridized carbons (Fsp3) is 0.923. The van der Waals surface area contributed by atoms with Crippen molar-refractivity contribution in [3.05, 3.63) is 0 Å². The van der Waals surface area contributed by atoms with Crippen LogP contribution in [0.3, 0.4) is 0 Å². The van der Waals surface area contributed by atoms with E-state index in [2.05, 4.69) is 0 Å². The molecule has 4 bridgehead atoms. The van der Waals surface area contributed by atoms with Crippen LogP contribution >= 0.6 is 0 Å². The maximum Gasteiger partial charge on any atom is 0.345 e. The zero-order valence-corrected chi connectivity index (χ0v) is 10.6. The van der Waals surface area contributed by atoms with Crippen LogP contribution in [0.5, 0.6) is 0 Å². The second-order valence-electron chi connectivity index (χ2n) is 5.97. The van der Waals surface area contributed by atoms with E-state index in [1.807, 2.05) is 11.8 Å². The number of alkyl halides is 2. The Balaban J connectivity index is 1.82. The quantitative estimate of drug-likeness (QED) is 0.779. The third-order valence-electron chi connectivity index (χ3n) is 4.80. The molecule has 2 atom stereocenters. The molecule has 0 aromatic carbocycles. The second-order valence-corrected chi connectivity index (χ2v) is 5.97. The normalized spacial score (nSPS) is 41.8. The third-order valence-corrected chi connectivity index (χ3v) is 4.80. The van der Waals surface area contributed by atoms with E-state index in [9.17, 15) is 13.6 Å². The number of halogens is 2. The molecule has 0 aromatic heterocycles. The molecule has 0 radical (unpaired) electrons. The van der Waals surface area contributed by atoms with E-state index < -0.39 is 12.2 Å². The highest BCUT2D eigenvalue weighted by Gasteiger charge is 2.56. The number of hydrogen-bond donors (Lipinski definition) is 0. The highest BCUT2D eigenvalue weighted by molar-refractivity contribution is 5.77. The topological polar surface area (TPSA) is 29.5 Å². The Hall–Kier alpha value is -0.710. The van der Waals surface area contributed by atoms with Gasteiger partial charge in [-0.3, -0.25) is 4.79 Å². The van der Waals surface area contributed by atoms with Crippen molar-refractivity contribution in [3.8, 4) is 0 Å². The Bertz CT molecular complexity index is 341. The van der Waals surface area contributed by atoms with E-state index in [0.29, 0.717) is 25.2 Å². The largest absolute Gasteiger partial charge is 0.345 e. The van der Waals surface area contributed by atoms with Crippen molar-refractivity contribution in [2.45, 2.75) is 69.7 Å². The van der Waals surface area contributed by atoms with Crippen LogP contribution in [0.25, 0.3) is 0 Å². The van der Waals surface area contributed by atoms with Gasteiger partial charge in [-0.1, -0.05) is 6.92 Å². The van der Waals surface area contributed by atoms with Gasteiger partial charge in [-0.2, -0.15) is 8.78 Å². The number of amides is 1. The summed E-state index contributed by atoms with van der Waals surface area (Å²) in [4.78, 5) is 13.9. The minimum absolute atomic E-state index is 0.127. The minimum atomic E-state index is -2.70. The first-order valence-electron chi connectivity index (χ1n) is 6.80. The van der Waals surface area contributed by atoms with Crippen LogP contribution in [0.4, 0.5) is 8.78 Å². The predicted octanol–water partition coefficient (Wildman–Crippen LogP) is 2.55. The molecule has 2 saturated heterocycles. The molecule has 2 heterocycles. The van der Waals surface area contributed by atoms with Crippen LogP contribution in [0.2, 0.25) is 0 Å². The van der Waals surface area contributed by atoms with Gasteiger partial charge in [0.15, 0.2) is 0 Å². The molecule has 4 aliphatic rings. The van der Waals surface area contributed by atoms with Crippen molar-refractivity contribution in [3.63, 3.8) is 0 Å². The van der Waals surface area contributed by atoms with Crippen molar-refractivity contribution < 1.29 is 18.3 Å². The maximum absolute atomic E-state index is 12.6. The number of nitrogens with zero attached hydrogens (tertiary/aromatic N) is 1. The summed E-state index contributed by atoms with van der Waals surface area (Å²) in [5.74, 6) is 0.623. The van der Waals surface area contributed by atoms with E-state index >= 15 is 0 Å². The van der Waals surface area contributed by atoms with Crippen molar-refractivity contribution >= 4 is 5.91 Å². The van der Waals surface area contributed by atoms with Crippen LogP contribution in [0, 0.1) is 5.92 Å². The van der Waals surface area contributed by atoms with Crippen LogP contribution < -0.4 is 0 Å². The lowest BCUT2D eigenvalue weighted by Crippen LogP contribution is -2.66. The van der Waals surface area contributed by atoms with Gasteiger partial charge in [-0.05, 0) is 38.0 Å². The molecule has 2 aliphatic carbocycles. The average Bonchev–Trinajstić information content (AvgIpc) is 2.25. The van der Waals surface area contributed by atoms with Crippen molar-refractivity contribution in [2.24, 2.45) is 5.92 Å². The summed E-state index contributed by atoms with van der Waals surface area (Å²) in [6.07, 6.45) is 4.37. The molecule has 5 heteroatoms. The Morgan fingerprint density at radius 3 is 2.44 bits per heavy atom. The summed E-state index contributed by atoms with van der Waals surface area (Å²) in [5, 5.41) is 0. The van der Waals surface area contributed by atoms with Gasteiger partial charge in [0, 0.05) is 18.5 Å². The van der Waals surface area contributed by atoms with E-state index in [4.69, 9.17) is 4.74 Å². The summed E-state index contributed by atoms with van der Waals surface area (Å²) < 4.78 is 30.1. The van der Waals surface area contributed by atoms with Gasteiger partial charge in [0.2, 0.25) is 5.91 Å². The molecule has 102 valence electrons. The van der Waals surface area contributed by atoms with E-state index in [0.717, 1.165) is 19.3 Å². The van der Waals surface area contributed by atoms with Gasteiger partial charge in [0.25, 0.3) is 0 Å². The second kappa shape index (κ2) is 4.15. The van der Waals surface area contributed by atoms with Gasteiger partial charge >= 0.3 is 6.61 Å². The summed E-state index contributed by atoms with van der Waals surface area (Å²) in [7, 11) is 0. The summed E-state index contributed by atoms with van der Waals surface area (Å²) in [5.41, 5.74) is -0.658. The Morgan fingerprint density at radius 1 is 1.33 bits per heavy atom. The lowest BCUT2D eigenvalue weighted by atomic mass is 9.61. The molecule has 3 nitrogen and oxygen atoms in total. The molecule has 2 unspecified atom stereocenters. The third kappa shape index (κ3) is 1.83. The van der Waals surface area contributed by atoms with E-state index in [1.54, 1.807) is 0 Å². The van der Waals surface area contributed by atoms with Gasteiger partial charge in [-0.25, -0.2) is 0 Å². The standard InChI is InChI=1S/C13H19F2NO2/c1-2-11(17)16-9-3-8-4-10(16)7-13(5-8,6-9)18-12(14)15/h8-10,12H,2-7H2,1H3. The van der Waals surface area contributed by atoms with Gasteiger partial charge in [0.05, 0.1) is 5.60 Å². The van der Waals surface area contributed by atoms with Crippen LogP contribution in [0.15, 0.2) is 0 Å². The van der Waals surface area contributed by atoms with Gasteiger partial charge in [0.1, 0.15) is 0 Å². The SMILES string of the molecule is CCC(=O)N1C2CC3CC1CC(OC(F)F)(C3)C2. The number of hydrogen-bond acceptors (Lipinski definition) is 2. The minimum Gasteiger partial charge on any atom is -0.337 e. The summed E-state index contributed by atoms with van der Waals surface area (Å²) in [6, 6.07) is 0.255. The fourth-order valence-electron chi connectivity index (χ4n) is 4.48. The first-order valence-corrected chi connectivity index (χ1v) is 6.80.